The van der Waals surface area contributed by atoms with Crippen molar-refractivity contribution >= 4 is 6.09 Å². The van der Waals surface area contributed by atoms with Crippen molar-refractivity contribution in [1.82, 2.24) is 20.5 Å². The van der Waals surface area contributed by atoms with E-state index in [0.29, 0.717) is 24.6 Å². The van der Waals surface area contributed by atoms with E-state index in [9.17, 15) is 4.79 Å². The number of alkyl carbamates (subject to hydrolysis) is 1. The topological polar surface area (TPSA) is 106 Å². The monoisotopic (exact) mass is 241 g/mol. The van der Waals surface area contributed by atoms with Crippen molar-refractivity contribution in [2.24, 2.45) is 5.73 Å². The number of rotatable bonds is 4. The molecule has 7 nitrogen and oxygen atoms in total. The van der Waals surface area contributed by atoms with Crippen molar-refractivity contribution < 1.29 is 9.53 Å². The fraction of sp³-hybridized carbons (Fsp3) is 0.700. The minimum absolute atomic E-state index is 0.256. The molecule has 0 unspecified atom stereocenters. The summed E-state index contributed by atoms with van der Waals surface area (Å²) in [6, 6.07) is 0. The number of amides is 1. The maximum atomic E-state index is 11.3. The van der Waals surface area contributed by atoms with E-state index in [1.165, 1.54) is 0 Å². The van der Waals surface area contributed by atoms with E-state index < -0.39 is 11.7 Å². The van der Waals surface area contributed by atoms with Crippen molar-refractivity contribution in [2.45, 2.75) is 39.3 Å². The summed E-state index contributed by atoms with van der Waals surface area (Å²) >= 11 is 0. The van der Waals surface area contributed by atoms with Gasteiger partial charge in [-0.25, -0.2) is 9.78 Å². The van der Waals surface area contributed by atoms with E-state index in [-0.39, 0.29) is 6.54 Å². The smallest absolute Gasteiger partial charge is 0.408 e. The molecule has 1 heterocycles. The largest absolute Gasteiger partial charge is 0.444 e. The third-order valence-electron chi connectivity index (χ3n) is 1.75. The average Bonchev–Trinajstić information content (AvgIpc) is 2.61. The van der Waals surface area contributed by atoms with Crippen LogP contribution in [0.5, 0.6) is 0 Å². The summed E-state index contributed by atoms with van der Waals surface area (Å²) in [5.41, 5.74) is 4.87. The van der Waals surface area contributed by atoms with Crippen LogP contribution in [0.4, 0.5) is 4.79 Å². The lowest BCUT2D eigenvalue weighted by atomic mass is 10.2. The lowest BCUT2D eigenvalue weighted by Crippen LogP contribution is -2.32. The summed E-state index contributed by atoms with van der Waals surface area (Å²) in [7, 11) is 0. The van der Waals surface area contributed by atoms with Crippen molar-refractivity contribution in [1.29, 1.82) is 0 Å². The first-order valence-electron chi connectivity index (χ1n) is 5.48. The van der Waals surface area contributed by atoms with Crippen LogP contribution in [-0.4, -0.2) is 33.4 Å². The number of nitrogens with zero attached hydrogens (tertiary/aromatic N) is 2. The Kier molecular flexibility index (Phi) is 4.45. The summed E-state index contributed by atoms with van der Waals surface area (Å²) in [6.07, 6.45) is 0.137. The van der Waals surface area contributed by atoms with Gasteiger partial charge in [-0.05, 0) is 27.3 Å². The van der Waals surface area contributed by atoms with Gasteiger partial charge in [-0.2, -0.15) is 5.10 Å². The summed E-state index contributed by atoms with van der Waals surface area (Å²) < 4.78 is 5.08. The molecular formula is C10H19N5O2. The summed E-state index contributed by atoms with van der Waals surface area (Å²) in [5, 5.41) is 9.26. The first kappa shape index (κ1) is 13.4. The zero-order valence-corrected chi connectivity index (χ0v) is 10.4. The van der Waals surface area contributed by atoms with Crippen LogP contribution in [0.25, 0.3) is 0 Å². The molecule has 0 atom stereocenters. The number of hydrogen-bond donors (Lipinski definition) is 3. The van der Waals surface area contributed by atoms with E-state index >= 15 is 0 Å². The van der Waals surface area contributed by atoms with Crippen molar-refractivity contribution in [3.05, 3.63) is 11.6 Å². The molecular weight excluding hydrogens is 222 g/mol. The molecule has 17 heavy (non-hydrogen) atoms. The number of carbonyl (C=O) groups is 1. The number of nitrogens with one attached hydrogen (secondary N) is 2. The second-order valence-electron chi connectivity index (χ2n) is 4.59. The van der Waals surface area contributed by atoms with Crippen LogP contribution < -0.4 is 11.1 Å². The van der Waals surface area contributed by atoms with Gasteiger partial charge in [-0.15, -0.1) is 0 Å². The third-order valence-corrected chi connectivity index (χ3v) is 1.75. The molecule has 0 fully saturated rings. The van der Waals surface area contributed by atoms with Gasteiger partial charge in [0.2, 0.25) is 0 Å². The SMILES string of the molecule is CC(C)(C)OC(=O)NCc1nc(CCN)n[nH]1. The molecule has 1 aromatic heterocycles. The first-order chi connectivity index (χ1) is 7.90. The van der Waals surface area contributed by atoms with Gasteiger partial charge in [0.1, 0.15) is 11.4 Å². The molecule has 0 bridgehead atoms. The van der Waals surface area contributed by atoms with Gasteiger partial charge in [-0.1, -0.05) is 0 Å². The zero-order valence-electron chi connectivity index (χ0n) is 10.4. The Labute approximate surface area is 100 Å². The number of carbonyl (C=O) groups excluding carboxylic acids is 1. The Morgan fingerprint density at radius 1 is 1.53 bits per heavy atom. The number of nitrogens with two attached hydrogens (primary N) is 1. The molecule has 0 aliphatic heterocycles. The summed E-state index contributed by atoms with van der Waals surface area (Å²) in [4.78, 5) is 15.5. The minimum atomic E-state index is -0.504. The molecule has 0 radical (unpaired) electrons. The third kappa shape index (κ3) is 5.30. The molecule has 96 valence electrons. The van der Waals surface area contributed by atoms with Gasteiger partial charge in [0.05, 0.1) is 6.54 Å². The maximum Gasteiger partial charge on any atom is 0.408 e. The molecule has 1 amide bonds. The molecule has 0 aliphatic rings. The number of hydrogen-bond acceptors (Lipinski definition) is 5. The van der Waals surface area contributed by atoms with E-state index in [1.54, 1.807) is 20.8 Å². The second-order valence-corrected chi connectivity index (χ2v) is 4.59. The Hall–Kier alpha value is -1.63. The Morgan fingerprint density at radius 3 is 2.82 bits per heavy atom. The number of aromatic amines is 1. The first-order valence-corrected chi connectivity index (χ1v) is 5.48. The Morgan fingerprint density at radius 2 is 2.24 bits per heavy atom. The molecule has 1 rings (SSSR count). The molecule has 0 aliphatic carbocycles. The highest BCUT2D eigenvalue weighted by Gasteiger charge is 2.16. The van der Waals surface area contributed by atoms with Gasteiger partial charge >= 0.3 is 6.09 Å². The van der Waals surface area contributed by atoms with E-state index in [2.05, 4.69) is 20.5 Å². The van der Waals surface area contributed by atoms with Crippen molar-refractivity contribution in [3.63, 3.8) is 0 Å². The van der Waals surface area contributed by atoms with E-state index in [4.69, 9.17) is 10.5 Å². The van der Waals surface area contributed by atoms with Crippen LogP contribution >= 0.6 is 0 Å². The lowest BCUT2D eigenvalue weighted by molar-refractivity contribution is 0.0522. The standard InChI is InChI=1S/C10H19N5O2/c1-10(2,3)17-9(16)12-6-8-13-7(4-5-11)14-15-8/h4-6,11H2,1-3H3,(H,12,16)(H,13,14,15). The van der Waals surface area contributed by atoms with E-state index in [0.717, 1.165) is 0 Å². The van der Waals surface area contributed by atoms with Crippen LogP contribution in [0.1, 0.15) is 32.4 Å². The highest BCUT2D eigenvalue weighted by atomic mass is 16.6. The van der Waals surface area contributed by atoms with Gasteiger partial charge in [0.25, 0.3) is 0 Å². The molecule has 7 heteroatoms. The fourth-order valence-electron chi connectivity index (χ4n) is 1.12. The predicted octanol–water partition coefficient (Wildman–Crippen LogP) is 0.331. The molecule has 0 spiro atoms. The average molecular weight is 241 g/mol. The van der Waals surface area contributed by atoms with Crippen LogP contribution in [0.3, 0.4) is 0 Å². The van der Waals surface area contributed by atoms with Gasteiger partial charge < -0.3 is 15.8 Å². The number of H-pyrrole nitrogens is 1. The normalized spacial score (nSPS) is 11.3. The number of ether oxygens (including phenoxy) is 1. The minimum Gasteiger partial charge on any atom is -0.444 e. The molecule has 0 aromatic carbocycles. The van der Waals surface area contributed by atoms with Gasteiger partial charge in [0.15, 0.2) is 5.82 Å². The van der Waals surface area contributed by atoms with Gasteiger partial charge in [-0.3, -0.25) is 5.10 Å². The lowest BCUT2D eigenvalue weighted by Gasteiger charge is -2.19. The second kappa shape index (κ2) is 5.62. The summed E-state index contributed by atoms with van der Waals surface area (Å²) in [6.45, 7) is 6.17. The quantitative estimate of drug-likeness (QED) is 0.704. The van der Waals surface area contributed by atoms with Crippen LogP contribution in [-0.2, 0) is 17.7 Å². The van der Waals surface area contributed by atoms with E-state index in [1.807, 2.05) is 0 Å². The fourth-order valence-corrected chi connectivity index (χ4v) is 1.12. The van der Waals surface area contributed by atoms with Crippen LogP contribution in [0.2, 0.25) is 0 Å². The zero-order chi connectivity index (χ0) is 12.9. The molecule has 1 aromatic rings. The molecule has 0 saturated heterocycles. The number of aromatic nitrogens is 3. The Bertz CT molecular complexity index is 369. The highest BCUT2D eigenvalue weighted by molar-refractivity contribution is 5.67. The van der Waals surface area contributed by atoms with Crippen molar-refractivity contribution in [2.75, 3.05) is 6.54 Å². The Balaban J connectivity index is 2.37. The van der Waals surface area contributed by atoms with Crippen LogP contribution in [0, 0.1) is 0 Å². The van der Waals surface area contributed by atoms with Gasteiger partial charge in [0, 0.05) is 6.42 Å². The van der Waals surface area contributed by atoms with Crippen molar-refractivity contribution in [3.8, 4) is 0 Å². The predicted molar refractivity (Wildman–Crippen MR) is 62.2 cm³/mol. The molecule has 0 saturated carbocycles. The molecule has 4 N–H and O–H groups in total. The van der Waals surface area contributed by atoms with Crippen LogP contribution in [0.15, 0.2) is 0 Å². The maximum absolute atomic E-state index is 11.3. The summed E-state index contributed by atoms with van der Waals surface area (Å²) in [5.74, 6) is 1.23. The highest BCUT2D eigenvalue weighted by Crippen LogP contribution is 2.06.